The van der Waals surface area contributed by atoms with E-state index in [-0.39, 0.29) is 18.3 Å². The molecule has 1 amide bonds. The van der Waals surface area contributed by atoms with Crippen LogP contribution in [0.2, 0.25) is 0 Å². The van der Waals surface area contributed by atoms with E-state index in [0.29, 0.717) is 6.42 Å². The van der Waals surface area contributed by atoms with Crippen LogP contribution >= 0.6 is 12.4 Å². The summed E-state index contributed by atoms with van der Waals surface area (Å²) in [6, 6.07) is 7.82. The molecule has 2 rings (SSSR count). The summed E-state index contributed by atoms with van der Waals surface area (Å²) in [6.07, 6.45) is -4.04. The van der Waals surface area contributed by atoms with E-state index in [9.17, 15) is 18.0 Å². The van der Waals surface area contributed by atoms with Crippen molar-refractivity contribution in [2.24, 2.45) is 5.73 Å². The van der Waals surface area contributed by atoms with Gasteiger partial charge in [0.25, 0.3) is 0 Å². The molecule has 21 heavy (non-hydrogen) atoms. The lowest BCUT2D eigenvalue weighted by Gasteiger charge is -2.42. The Balaban J connectivity index is 0.00000220. The topological polar surface area (TPSA) is 46.3 Å². The van der Waals surface area contributed by atoms with Gasteiger partial charge in [-0.15, -0.1) is 12.4 Å². The van der Waals surface area contributed by atoms with Crippen molar-refractivity contribution in [2.45, 2.75) is 37.5 Å². The average Bonchev–Trinajstić information content (AvgIpc) is 2.39. The zero-order valence-corrected chi connectivity index (χ0v) is 12.3. The third-order valence-corrected chi connectivity index (χ3v) is 3.76. The highest BCUT2D eigenvalue weighted by Crippen LogP contribution is 2.34. The number of hydrogen-bond donors (Lipinski definition) is 1. The van der Waals surface area contributed by atoms with E-state index in [4.69, 9.17) is 5.73 Å². The molecule has 0 unspecified atom stereocenters. The van der Waals surface area contributed by atoms with Gasteiger partial charge in [-0.1, -0.05) is 30.3 Å². The second kappa shape index (κ2) is 6.66. The van der Waals surface area contributed by atoms with Gasteiger partial charge in [0.2, 0.25) is 5.91 Å². The number of nitrogens with zero attached hydrogens (tertiary/aromatic N) is 1. The molecule has 1 heterocycles. The standard InChI is InChI=1S/C14H17F3N2O.ClH/c1-9-11(10-5-3-2-4-6-10)7-12(18)13(20)19(9)8-14(15,16)17;/h2-6,9,11-12H,7-8,18H2,1H3;1H/t9-,11-,12+;/m0./s1. The van der Waals surface area contributed by atoms with Crippen LogP contribution in [0.5, 0.6) is 0 Å². The van der Waals surface area contributed by atoms with Crippen LogP contribution in [0.4, 0.5) is 13.2 Å². The van der Waals surface area contributed by atoms with E-state index in [2.05, 4.69) is 0 Å². The average molecular weight is 323 g/mol. The van der Waals surface area contributed by atoms with E-state index >= 15 is 0 Å². The lowest BCUT2D eigenvalue weighted by atomic mass is 9.82. The molecular formula is C14H18ClF3N2O. The van der Waals surface area contributed by atoms with Crippen LogP contribution in [-0.4, -0.2) is 35.6 Å². The van der Waals surface area contributed by atoms with Crippen molar-refractivity contribution >= 4 is 18.3 Å². The van der Waals surface area contributed by atoms with Gasteiger partial charge in [0.15, 0.2) is 0 Å². The van der Waals surface area contributed by atoms with Crippen molar-refractivity contribution in [3.8, 4) is 0 Å². The highest BCUT2D eigenvalue weighted by molar-refractivity contribution is 5.85. The fourth-order valence-corrected chi connectivity index (χ4v) is 2.73. The Hall–Kier alpha value is -1.27. The van der Waals surface area contributed by atoms with E-state index in [1.54, 1.807) is 6.92 Å². The number of hydrogen-bond acceptors (Lipinski definition) is 2. The fourth-order valence-electron chi connectivity index (χ4n) is 2.73. The molecule has 0 aromatic heterocycles. The molecule has 3 nitrogen and oxygen atoms in total. The highest BCUT2D eigenvalue weighted by Gasteiger charge is 2.43. The largest absolute Gasteiger partial charge is 0.406 e. The molecule has 0 spiro atoms. The molecule has 0 saturated carbocycles. The molecule has 118 valence electrons. The van der Waals surface area contributed by atoms with Crippen LogP contribution < -0.4 is 5.73 Å². The molecule has 0 radical (unpaired) electrons. The summed E-state index contributed by atoms with van der Waals surface area (Å²) in [4.78, 5) is 12.7. The van der Waals surface area contributed by atoms with Crippen LogP contribution in [-0.2, 0) is 4.79 Å². The van der Waals surface area contributed by atoms with E-state index in [1.165, 1.54) is 0 Å². The number of rotatable bonds is 2. The normalized spacial score (nSPS) is 26.4. The predicted molar refractivity (Wildman–Crippen MR) is 76.3 cm³/mol. The number of amides is 1. The number of alkyl halides is 3. The van der Waals surface area contributed by atoms with Crippen molar-refractivity contribution in [3.63, 3.8) is 0 Å². The first-order valence-electron chi connectivity index (χ1n) is 6.47. The third-order valence-electron chi connectivity index (χ3n) is 3.76. The maximum absolute atomic E-state index is 12.6. The molecule has 7 heteroatoms. The minimum Gasteiger partial charge on any atom is -0.329 e. The van der Waals surface area contributed by atoms with Gasteiger partial charge in [-0.05, 0) is 18.9 Å². The summed E-state index contributed by atoms with van der Waals surface area (Å²) in [5.74, 6) is -0.798. The number of carbonyl (C=O) groups excluding carboxylic acids is 1. The van der Waals surface area contributed by atoms with Gasteiger partial charge in [0.05, 0.1) is 6.04 Å². The molecule has 1 aromatic rings. The Morgan fingerprint density at radius 2 is 1.86 bits per heavy atom. The number of halogens is 4. The lowest BCUT2D eigenvalue weighted by Crippen LogP contribution is -2.57. The molecule has 1 aliphatic heterocycles. The van der Waals surface area contributed by atoms with Gasteiger partial charge >= 0.3 is 6.18 Å². The molecule has 1 aromatic carbocycles. The Kier molecular flexibility index (Phi) is 5.64. The van der Waals surface area contributed by atoms with Crippen molar-refractivity contribution in [3.05, 3.63) is 35.9 Å². The van der Waals surface area contributed by atoms with Crippen LogP contribution in [0.15, 0.2) is 30.3 Å². The summed E-state index contributed by atoms with van der Waals surface area (Å²) < 4.78 is 37.8. The Morgan fingerprint density at radius 1 is 1.29 bits per heavy atom. The smallest absolute Gasteiger partial charge is 0.329 e. The van der Waals surface area contributed by atoms with Crippen molar-refractivity contribution in [1.82, 2.24) is 4.90 Å². The highest BCUT2D eigenvalue weighted by atomic mass is 35.5. The number of benzene rings is 1. The van der Waals surface area contributed by atoms with E-state index in [1.807, 2.05) is 30.3 Å². The maximum atomic E-state index is 12.6. The lowest BCUT2D eigenvalue weighted by molar-refractivity contribution is -0.170. The summed E-state index contributed by atoms with van der Waals surface area (Å²) in [5, 5.41) is 0. The molecule has 0 bridgehead atoms. The minimum atomic E-state index is -4.41. The van der Waals surface area contributed by atoms with Gasteiger partial charge in [-0.3, -0.25) is 4.79 Å². The first-order valence-corrected chi connectivity index (χ1v) is 6.47. The van der Waals surface area contributed by atoms with Crippen molar-refractivity contribution < 1.29 is 18.0 Å². The van der Waals surface area contributed by atoms with Gasteiger partial charge in [0, 0.05) is 12.0 Å². The molecular weight excluding hydrogens is 305 g/mol. The van der Waals surface area contributed by atoms with E-state index < -0.39 is 30.7 Å². The van der Waals surface area contributed by atoms with Gasteiger partial charge in [0.1, 0.15) is 6.54 Å². The maximum Gasteiger partial charge on any atom is 0.406 e. The number of piperidine rings is 1. The molecule has 0 aliphatic carbocycles. The Morgan fingerprint density at radius 3 is 2.38 bits per heavy atom. The van der Waals surface area contributed by atoms with Crippen LogP contribution in [0.3, 0.4) is 0 Å². The summed E-state index contributed by atoms with van der Waals surface area (Å²) >= 11 is 0. The second-order valence-corrected chi connectivity index (χ2v) is 5.18. The summed E-state index contributed by atoms with van der Waals surface area (Å²) in [5.41, 5.74) is 6.63. The summed E-state index contributed by atoms with van der Waals surface area (Å²) in [7, 11) is 0. The third kappa shape index (κ3) is 4.11. The van der Waals surface area contributed by atoms with Crippen LogP contribution in [0.1, 0.15) is 24.8 Å². The van der Waals surface area contributed by atoms with Crippen LogP contribution in [0.25, 0.3) is 0 Å². The monoisotopic (exact) mass is 322 g/mol. The first kappa shape index (κ1) is 17.8. The fraction of sp³-hybridized carbons (Fsp3) is 0.500. The number of nitrogens with two attached hydrogens (primary N) is 1. The zero-order chi connectivity index (χ0) is 14.9. The van der Waals surface area contributed by atoms with Crippen LogP contribution in [0, 0.1) is 0 Å². The number of likely N-dealkylation sites (tertiary alicyclic amines) is 1. The summed E-state index contributed by atoms with van der Waals surface area (Å²) in [6.45, 7) is 0.400. The zero-order valence-electron chi connectivity index (χ0n) is 11.5. The molecule has 1 fully saturated rings. The van der Waals surface area contributed by atoms with Gasteiger partial charge in [-0.25, -0.2) is 0 Å². The minimum absolute atomic E-state index is 0. The number of carbonyl (C=O) groups is 1. The quantitative estimate of drug-likeness (QED) is 0.910. The predicted octanol–water partition coefficient (Wildman–Crippen LogP) is 2.70. The molecule has 3 atom stereocenters. The van der Waals surface area contributed by atoms with Crippen molar-refractivity contribution in [1.29, 1.82) is 0 Å². The molecule has 1 saturated heterocycles. The SMILES string of the molecule is C[C@H]1[C@@H](c2ccccc2)C[C@@H](N)C(=O)N1CC(F)(F)F.Cl. The molecule has 1 aliphatic rings. The van der Waals surface area contributed by atoms with Crippen molar-refractivity contribution in [2.75, 3.05) is 6.54 Å². The Bertz CT molecular complexity index is 481. The van der Waals surface area contributed by atoms with Gasteiger partial charge in [-0.2, -0.15) is 13.2 Å². The Labute approximate surface area is 127 Å². The second-order valence-electron chi connectivity index (χ2n) is 5.18. The van der Waals surface area contributed by atoms with Gasteiger partial charge < -0.3 is 10.6 Å². The first-order chi connectivity index (χ1) is 9.29. The van der Waals surface area contributed by atoms with E-state index in [0.717, 1.165) is 10.5 Å². The molecule has 2 N–H and O–H groups in total.